The monoisotopic (exact) mass is 390 g/mol. The van der Waals surface area contributed by atoms with Crippen LogP contribution in [0, 0.1) is 6.92 Å². The number of halogens is 2. The third-order valence-corrected chi connectivity index (χ3v) is 6.66. The molecule has 0 saturated carbocycles. The first-order valence-corrected chi connectivity index (χ1v) is 9.19. The number of hydrogen-bond acceptors (Lipinski definition) is 4. The van der Waals surface area contributed by atoms with Gasteiger partial charge < -0.3 is 9.88 Å². The molecular weight excluding hydrogens is 371 g/mol. The summed E-state index contributed by atoms with van der Waals surface area (Å²) in [7, 11) is -1.84. The second kappa shape index (κ2) is 7.41. The minimum absolute atomic E-state index is 0. The molecule has 1 N–H and O–H groups in total. The first kappa shape index (κ1) is 19.2. The molecule has 1 saturated heterocycles. The Hall–Kier alpha value is -1.12. The van der Waals surface area contributed by atoms with Gasteiger partial charge in [-0.15, -0.1) is 12.4 Å². The van der Waals surface area contributed by atoms with Crippen LogP contribution < -0.4 is 5.32 Å². The van der Waals surface area contributed by atoms with Crippen molar-refractivity contribution in [3.63, 3.8) is 0 Å². The summed E-state index contributed by atoms with van der Waals surface area (Å²) in [6.45, 7) is 3.30. The highest BCUT2D eigenvalue weighted by Gasteiger charge is 2.37. The molecule has 1 atom stereocenters. The summed E-state index contributed by atoms with van der Waals surface area (Å²) < 4.78 is 29.6. The van der Waals surface area contributed by atoms with Crippen molar-refractivity contribution in [1.29, 1.82) is 0 Å². The van der Waals surface area contributed by atoms with Gasteiger partial charge in [-0.2, -0.15) is 4.31 Å². The number of piperazine rings is 1. The molecular formula is C15H20Cl2N4O2S. The van der Waals surface area contributed by atoms with Crippen molar-refractivity contribution in [3.8, 4) is 0 Å². The number of sulfonamides is 1. The molecule has 1 fully saturated rings. The Labute approximate surface area is 153 Å². The molecule has 2 aromatic rings. The number of nitrogens with one attached hydrogen (secondary N) is 1. The van der Waals surface area contributed by atoms with Crippen molar-refractivity contribution in [2.24, 2.45) is 7.05 Å². The molecule has 1 aromatic carbocycles. The number of aryl methyl sites for hydroxylation is 2. The third-order valence-electron chi connectivity index (χ3n) is 4.09. The van der Waals surface area contributed by atoms with Gasteiger partial charge in [0.25, 0.3) is 0 Å². The van der Waals surface area contributed by atoms with Crippen molar-refractivity contribution in [2.75, 3.05) is 19.6 Å². The lowest BCUT2D eigenvalue weighted by molar-refractivity contribution is 0.258. The lowest BCUT2D eigenvalue weighted by Gasteiger charge is -2.34. The zero-order chi connectivity index (χ0) is 16.6. The van der Waals surface area contributed by atoms with Crippen LogP contribution in [-0.2, 0) is 17.1 Å². The molecule has 9 heteroatoms. The summed E-state index contributed by atoms with van der Waals surface area (Å²) in [5, 5.41) is 3.52. The van der Waals surface area contributed by atoms with Crippen LogP contribution in [0.4, 0.5) is 0 Å². The van der Waals surface area contributed by atoms with E-state index in [4.69, 9.17) is 11.6 Å². The minimum Gasteiger partial charge on any atom is -0.337 e. The Morgan fingerprint density at radius 1 is 1.38 bits per heavy atom. The third kappa shape index (κ3) is 3.32. The smallest absolute Gasteiger partial charge is 0.245 e. The molecule has 0 radical (unpaired) electrons. The van der Waals surface area contributed by atoms with E-state index in [1.165, 1.54) is 4.31 Å². The van der Waals surface area contributed by atoms with Gasteiger partial charge in [0.15, 0.2) is 0 Å². The molecule has 3 rings (SSSR count). The zero-order valence-corrected chi connectivity index (χ0v) is 15.8. The van der Waals surface area contributed by atoms with Gasteiger partial charge in [-0.1, -0.05) is 23.7 Å². The second-order valence-electron chi connectivity index (χ2n) is 5.62. The van der Waals surface area contributed by atoms with Crippen molar-refractivity contribution >= 4 is 34.0 Å². The van der Waals surface area contributed by atoms with Crippen molar-refractivity contribution in [3.05, 3.63) is 47.0 Å². The van der Waals surface area contributed by atoms with E-state index >= 15 is 0 Å². The maximum Gasteiger partial charge on any atom is 0.245 e. The Kier molecular flexibility index (Phi) is 5.93. The molecule has 132 valence electrons. The zero-order valence-electron chi connectivity index (χ0n) is 13.4. The van der Waals surface area contributed by atoms with Gasteiger partial charge in [-0.3, -0.25) is 0 Å². The standard InChI is InChI=1S/C15H19ClN4O2S.ClH/c1-11-4-3-5-13(14(11)16)23(21,22)20-9-6-17-10-12(20)15-18-7-8-19(15)2;/h3-5,7-8,12,17H,6,9-10H2,1-2H3;1H. The summed E-state index contributed by atoms with van der Waals surface area (Å²) in [5.41, 5.74) is 0.747. The quantitative estimate of drug-likeness (QED) is 0.871. The number of aromatic nitrogens is 2. The Morgan fingerprint density at radius 2 is 2.12 bits per heavy atom. The van der Waals surface area contributed by atoms with E-state index in [1.807, 2.05) is 17.8 Å². The van der Waals surface area contributed by atoms with Gasteiger partial charge in [0.05, 0.1) is 11.1 Å². The lowest BCUT2D eigenvalue weighted by atomic mass is 10.2. The number of imidazole rings is 1. The Bertz CT molecular complexity index is 823. The van der Waals surface area contributed by atoms with Gasteiger partial charge >= 0.3 is 0 Å². The predicted octanol–water partition coefficient (Wildman–Crippen LogP) is 2.14. The predicted molar refractivity (Wildman–Crippen MR) is 96.1 cm³/mol. The molecule has 0 bridgehead atoms. The normalized spacial score (nSPS) is 19.0. The summed E-state index contributed by atoms with van der Waals surface area (Å²) in [4.78, 5) is 4.47. The molecule has 1 aliphatic heterocycles. The number of rotatable bonds is 3. The van der Waals surface area contributed by atoms with Crippen LogP contribution in [0.3, 0.4) is 0 Å². The first-order valence-electron chi connectivity index (χ1n) is 7.38. The summed E-state index contributed by atoms with van der Waals surface area (Å²) in [6.07, 6.45) is 3.49. The topological polar surface area (TPSA) is 67.2 Å². The molecule has 0 aliphatic carbocycles. The molecule has 0 amide bonds. The summed E-state index contributed by atoms with van der Waals surface area (Å²) in [5.74, 6) is 0.713. The van der Waals surface area contributed by atoms with Crippen molar-refractivity contribution in [1.82, 2.24) is 19.2 Å². The lowest BCUT2D eigenvalue weighted by Crippen LogP contribution is -2.49. The van der Waals surface area contributed by atoms with Crippen LogP contribution in [0.15, 0.2) is 35.5 Å². The van der Waals surface area contributed by atoms with Gasteiger partial charge in [0.1, 0.15) is 10.7 Å². The average Bonchev–Trinajstić information content (AvgIpc) is 2.96. The van der Waals surface area contributed by atoms with E-state index in [0.717, 1.165) is 5.56 Å². The van der Waals surface area contributed by atoms with E-state index in [-0.39, 0.29) is 28.4 Å². The maximum atomic E-state index is 13.2. The largest absolute Gasteiger partial charge is 0.337 e. The van der Waals surface area contributed by atoms with E-state index in [9.17, 15) is 8.42 Å². The SMILES string of the molecule is Cc1cccc(S(=O)(=O)N2CCNCC2c2nccn2C)c1Cl.Cl. The number of benzene rings is 1. The van der Waals surface area contributed by atoms with E-state index in [2.05, 4.69) is 10.3 Å². The highest BCUT2D eigenvalue weighted by atomic mass is 35.5. The van der Waals surface area contributed by atoms with Gasteiger partial charge in [0.2, 0.25) is 10.0 Å². The average molecular weight is 391 g/mol. The van der Waals surface area contributed by atoms with Crippen LogP contribution in [0.25, 0.3) is 0 Å². The first-order chi connectivity index (χ1) is 10.9. The Balaban J connectivity index is 0.00000208. The van der Waals surface area contributed by atoms with E-state index in [0.29, 0.717) is 25.5 Å². The van der Waals surface area contributed by atoms with Crippen LogP contribution in [0.1, 0.15) is 17.4 Å². The molecule has 24 heavy (non-hydrogen) atoms. The molecule has 2 heterocycles. The summed E-state index contributed by atoms with van der Waals surface area (Å²) >= 11 is 6.26. The maximum absolute atomic E-state index is 13.2. The highest BCUT2D eigenvalue weighted by Crippen LogP contribution is 2.32. The number of hydrogen-bond donors (Lipinski definition) is 1. The van der Waals surface area contributed by atoms with Crippen LogP contribution in [0.5, 0.6) is 0 Å². The fourth-order valence-corrected chi connectivity index (χ4v) is 4.98. The van der Waals surface area contributed by atoms with E-state index < -0.39 is 10.0 Å². The van der Waals surface area contributed by atoms with Crippen LogP contribution in [-0.4, -0.2) is 41.9 Å². The molecule has 6 nitrogen and oxygen atoms in total. The molecule has 1 aromatic heterocycles. The molecule has 1 unspecified atom stereocenters. The van der Waals surface area contributed by atoms with Gasteiger partial charge in [0, 0.05) is 39.1 Å². The van der Waals surface area contributed by atoms with Gasteiger partial charge in [-0.25, -0.2) is 13.4 Å². The Morgan fingerprint density at radius 3 is 2.79 bits per heavy atom. The number of nitrogens with zero attached hydrogens (tertiary/aromatic N) is 3. The minimum atomic E-state index is -3.70. The highest BCUT2D eigenvalue weighted by molar-refractivity contribution is 7.89. The van der Waals surface area contributed by atoms with Crippen molar-refractivity contribution < 1.29 is 8.42 Å². The summed E-state index contributed by atoms with van der Waals surface area (Å²) in [6, 6.07) is 4.72. The van der Waals surface area contributed by atoms with Crippen molar-refractivity contribution in [2.45, 2.75) is 17.9 Å². The fourth-order valence-electron chi connectivity index (χ4n) is 2.84. The van der Waals surface area contributed by atoms with Crippen LogP contribution >= 0.6 is 24.0 Å². The fraction of sp³-hybridized carbons (Fsp3) is 0.400. The van der Waals surface area contributed by atoms with Gasteiger partial charge in [-0.05, 0) is 18.6 Å². The van der Waals surface area contributed by atoms with E-state index in [1.54, 1.807) is 31.3 Å². The molecule has 1 aliphatic rings. The second-order valence-corrected chi connectivity index (χ2v) is 7.86. The molecule has 0 spiro atoms. The van der Waals surface area contributed by atoms with Crippen LogP contribution in [0.2, 0.25) is 5.02 Å².